The molecular formula is C104H74N4. The van der Waals surface area contributed by atoms with Gasteiger partial charge in [-0.1, -0.05) is 257 Å². The third-order valence-electron chi connectivity index (χ3n) is 24.5. The van der Waals surface area contributed by atoms with E-state index in [9.17, 15) is 0 Å². The van der Waals surface area contributed by atoms with Gasteiger partial charge in [0, 0.05) is 76.7 Å². The summed E-state index contributed by atoms with van der Waals surface area (Å²) in [5, 5.41) is 10.1. The molecule has 1 spiro atoms. The molecule has 4 aromatic heterocycles. The Kier molecular flexibility index (Phi) is 13.9. The Balaban J connectivity index is 0.000000134. The molecule has 4 heteroatoms. The number of aromatic nitrogens is 4. The van der Waals surface area contributed by atoms with Gasteiger partial charge in [-0.05, 0) is 235 Å². The first-order chi connectivity index (χ1) is 53.3. The van der Waals surface area contributed by atoms with Crippen LogP contribution in [0.5, 0.6) is 0 Å². The van der Waals surface area contributed by atoms with E-state index in [1.807, 2.05) is 0 Å². The van der Waals surface area contributed by atoms with Crippen LogP contribution in [0.25, 0.3) is 177 Å². The zero-order valence-corrected chi connectivity index (χ0v) is 60.3. The van der Waals surface area contributed by atoms with Crippen LogP contribution in [0.1, 0.15) is 61.8 Å². The number of benzene rings is 16. The van der Waals surface area contributed by atoms with E-state index in [1.165, 1.54) is 219 Å². The predicted octanol–water partition coefficient (Wildman–Crippen LogP) is 27.6. The van der Waals surface area contributed by atoms with E-state index in [-0.39, 0.29) is 10.8 Å². The molecule has 0 N–H and O–H groups in total. The maximum absolute atomic E-state index is 2.55. The maximum atomic E-state index is 2.55. The molecule has 4 nitrogen and oxygen atoms in total. The highest BCUT2D eigenvalue weighted by atomic mass is 15.0. The Morgan fingerprint density at radius 2 is 0.500 bits per heavy atom. The average Bonchev–Trinajstić information content (AvgIpc) is 1.10. The molecule has 0 bridgehead atoms. The summed E-state index contributed by atoms with van der Waals surface area (Å²) in [4.78, 5) is 0. The summed E-state index contributed by atoms with van der Waals surface area (Å²) in [5.41, 5.74) is 35.6. The minimum atomic E-state index is -0.0330. The molecule has 1 saturated carbocycles. The van der Waals surface area contributed by atoms with E-state index >= 15 is 0 Å². The number of rotatable bonds is 8. The Morgan fingerprint density at radius 3 is 0.944 bits per heavy atom. The summed E-state index contributed by atoms with van der Waals surface area (Å²) in [6.07, 6.45) is 5.02. The van der Waals surface area contributed by atoms with Gasteiger partial charge in [0.2, 0.25) is 0 Å². The SMILES string of the molecule is CC1(C)c2ccccc2-c2cc(-c3cc(-c4ccc5c(c4)c4ccccc4n5-c4ccccc4)cc(-n4c5ccccc5c5ccccc54)c3)ccc21.c1ccc(-n2c3ccccc3c3cc(-c4cc(-c5ccc6c(c5)C5(CCCC5)c5ccccc5-6)cc(-n5c6ccccc6c6ccccc65)c4)ccc32)cc1. The monoisotopic (exact) mass is 1380 g/mol. The van der Waals surface area contributed by atoms with Crippen molar-refractivity contribution in [2.45, 2.75) is 50.4 Å². The molecule has 16 aromatic carbocycles. The molecule has 0 amide bonds. The Labute approximate surface area is 627 Å². The Hall–Kier alpha value is -13.3. The lowest BCUT2D eigenvalue weighted by Crippen LogP contribution is -2.20. The van der Waals surface area contributed by atoms with Crippen LogP contribution < -0.4 is 0 Å². The normalized spacial score (nSPS) is 13.8. The Morgan fingerprint density at radius 1 is 0.194 bits per heavy atom. The van der Waals surface area contributed by atoms with Crippen molar-refractivity contribution in [1.82, 2.24) is 18.3 Å². The van der Waals surface area contributed by atoms with Crippen molar-refractivity contribution in [3.05, 3.63) is 386 Å². The number of hydrogen-bond acceptors (Lipinski definition) is 0. The lowest BCUT2D eigenvalue weighted by molar-refractivity contribution is 0.550. The zero-order valence-electron chi connectivity index (χ0n) is 60.3. The van der Waals surface area contributed by atoms with Crippen molar-refractivity contribution < 1.29 is 0 Å². The fourth-order valence-electron chi connectivity index (χ4n) is 19.6. The topological polar surface area (TPSA) is 19.7 Å². The Bertz CT molecular complexity index is 6980. The molecule has 108 heavy (non-hydrogen) atoms. The van der Waals surface area contributed by atoms with Gasteiger partial charge in [0.1, 0.15) is 0 Å². The zero-order chi connectivity index (χ0) is 71.3. The van der Waals surface area contributed by atoms with E-state index < -0.39 is 0 Å². The van der Waals surface area contributed by atoms with Crippen molar-refractivity contribution in [1.29, 1.82) is 0 Å². The fraction of sp³-hybridized carbons (Fsp3) is 0.0769. The van der Waals surface area contributed by atoms with Crippen LogP contribution in [0.15, 0.2) is 364 Å². The van der Waals surface area contributed by atoms with Gasteiger partial charge in [-0.15, -0.1) is 0 Å². The standard InChI is InChI=1S/C53H38N2.C51H36N2/c1-2-14-39(15-3-1)54-51-23-11-7-19-45(51)46-33-35(25-27-52(46)54)37-30-38(32-40(31-37)55-49-21-9-5-17-43(49)44-18-6-10-22-50(44)55)36-24-26-42-41-16-4-8-20-47(41)53(48(42)34-36)28-12-13-29-53;1-51(2)45-20-10-6-16-39(45)43-31-33(24-26-46(43)51)35-28-36(30-38(29-35)53-47-21-11-7-17-40(47)41-18-8-12-22-48(41)53)34-25-27-50-44(32-34)42-19-9-13-23-49(42)52(50)37-14-4-3-5-15-37/h1-11,14-27,30-34H,12-13,28-29H2;3-32H,1-2H3. The van der Waals surface area contributed by atoms with Gasteiger partial charge in [-0.2, -0.15) is 0 Å². The summed E-state index contributed by atoms with van der Waals surface area (Å²) in [6.45, 7) is 4.70. The van der Waals surface area contributed by atoms with Crippen molar-refractivity contribution in [2.24, 2.45) is 0 Å². The largest absolute Gasteiger partial charge is 0.309 e. The number of hydrogen-bond donors (Lipinski definition) is 0. The van der Waals surface area contributed by atoms with Crippen LogP contribution in [0, 0.1) is 0 Å². The van der Waals surface area contributed by atoms with Crippen LogP contribution in [0.2, 0.25) is 0 Å². The summed E-state index contributed by atoms with van der Waals surface area (Å²) in [7, 11) is 0. The van der Waals surface area contributed by atoms with Crippen molar-refractivity contribution in [2.75, 3.05) is 0 Å². The molecule has 20 aromatic rings. The van der Waals surface area contributed by atoms with Gasteiger partial charge in [-0.3, -0.25) is 0 Å². The molecular weight excluding hydrogens is 1310 g/mol. The van der Waals surface area contributed by atoms with Gasteiger partial charge >= 0.3 is 0 Å². The van der Waals surface area contributed by atoms with Crippen LogP contribution in [0.4, 0.5) is 0 Å². The maximum Gasteiger partial charge on any atom is 0.0541 e. The smallest absolute Gasteiger partial charge is 0.0541 e. The van der Waals surface area contributed by atoms with Gasteiger partial charge in [-0.25, -0.2) is 0 Å². The summed E-state index contributed by atoms with van der Waals surface area (Å²) < 4.78 is 9.70. The van der Waals surface area contributed by atoms with Gasteiger partial charge in [0.15, 0.2) is 0 Å². The second kappa shape index (κ2) is 24.1. The molecule has 3 aliphatic carbocycles. The van der Waals surface area contributed by atoms with Crippen LogP contribution >= 0.6 is 0 Å². The molecule has 0 atom stereocenters. The number of para-hydroxylation sites is 8. The van der Waals surface area contributed by atoms with Gasteiger partial charge in [0.25, 0.3) is 0 Å². The third kappa shape index (κ3) is 9.42. The second-order valence-electron chi connectivity index (χ2n) is 30.6. The lowest BCUT2D eigenvalue weighted by atomic mass is 9.76. The third-order valence-corrected chi connectivity index (χ3v) is 24.5. The van der Waals surface area contributed by atoms with E-state index in [2.05, 4.69) is 396 Å². The quantitative estimate of drug-likeness (QED) is 0.144. The molecule has 0 radical (unpaired) electrons. The highest BCUT2D eigenvalue weighted by Gasteiger charge is 2.45. The summed E-state index contributed by atoms with van der Waals surface area (Å²) in [6, 6.07) is 135. The summed E-state index contributed by atoms with van der Waals surface area (Å²) >= 11 is 0. The highest BCUT2D eigenvalue weighted by molar-refractivity contribution is 6.14. The van der Waals surface area contributed by atoms with Crippen LogP contribution in [-0.2, 0) is 10.8 Å². The predicted molar refractivity (Wildman–Crippen MR) is 454 cm³/mol. The minimum absolute atomic E-state index is 0.0330. The fourth-order valence-corrected chi connectivity index (χ4v) is 19.6. The van der Waals surface area contributed by atoms with Crippen LogP contribution in [-0.4, -0.2) is 18.3 Å². The first kappa shape index (κ1) is 62.1. The molecule has 0 saturated heterocycles. The summed E-state index contributed by atoms with van der Waals surface area (Å²) in [5.74, 6) is 0. The first-order valence-electron chi connectivity index (χ1n) is 38.2. The molecule has 1 fully saturated rings. The van der Waals surface area contributed by atoms with E-state index in [0.29, 0.717) is 0 Å². The highest BCUT2D eigenvalue weighted by Crippen LogP contribution is 2.58. The number of fused-ring (bicyclic) bond motifs is 20. The molecule has 0 unspecified atom stereocenters. The van der Waals surface area contributed by atoms with E-state index in [1.54, 1.807) is 0 Å². The van der Waals surface area contributed by atoms with Crippen LogP contribution in [0.3, 0.4) is 0 Å². The molecule has 3 aliphatic rings. The van der Waals surface area contributed by atoms with E-state index in [4.69, 9.17) is 0 Å². The minimum Gasteiger partial charge on any atom is -0.309 e. The van der Waals surface area contributed by atoms with Crippen molar-refractivity contribution >= 4 is 87.2 Å². The molecule has 0 aliphatic heterocycles. The number of nitrogens with zero attached hydrogens (tertiary/aromatic N) is 4. The molecule has 23 rings (SSSR count). The van der Waals surface area contributed by atoms with Gasteiger partial charge < -0.3 is 18.3 Å². The second-order valence-corrected chi connectivity index (χ2v) is 30.6. The van der Waals surface area contributed by atoms with Crippen molar-refractivity contribution in [3.8, 4) is 89.5 Å². The molecule has 4 heterocycles. The lowest BCUT2D eigenvalue weighted by Gasteiger charge is -2.27. The van der Waals surface area contributed by atoms with Gasteiger partial charge in [0.05, 0.1) is 44.1 Å². The van der Waals surface area contributed by atoms with Crippen molar-refractivity contribution in [3.63, 3.8) is 0 Å². The molecule has 510 valence electrons. The first-order valence-corrected chi connectivity index (χ1v) is 38.2. The average molecular weight is 1380 g/mol. The van der Waals surface area contributed by atoms with E-state index in [0.717, 1.165) is 5.69 Å².